The van der Waals surface area contributed by atoms with Crippen molar-refractivity contribution in [3.05, 3.63) is 54.6 Å². The summed E-state index contributed by atoms with van der Waals surface area (Å²) < 4.78 is 32.6. The Morgan fingerprint density at radius 1 is 0.432 bits per heavy atom. The number of anilines is 6. The number of halogens is 1. The fraction of sp³-hybridized carbons (Fsp3) is 0.125. The zero-order valence-corrected chi connectivity index (χ0v) is 19.8. The van der Waals surface area contributed by atoms with Crippen molar-refractivity contribution >= 4 is 47.3 Å². The monoisotopic (exact) mass is 522 g/mol. The Morgan fingerprint density at radius 2 is 0.730 bits per heavy atom. The SMILES string of the molecule is Cl.c1cc2c(cc1Nc1nc(Nc3ccc4c(c3)OCO4)nc(Nc3ccc4c(c3)OCO4)n1)OCO2. The predicted octanol–water partition coefficient (Wildman–Crippen LogP) is 4.71. The van der Waals surface area contributed by atoms with Crippen molar-refractivity contribution in [1.29, 1.82) is 0 Å². The van der Waals surface area contributed by atoms with Gasteiger partial charge in [-0.2, -0.15) is 15.0 Å². The smallest absolute Gasteiger partial charge is 0.233 e. The molecule has 0 spiro atoms. The van der Waals surface area contributed by atoms with Gasteiger partial charge in [0.25, 0.3) is 0 Å². The van der Waals surface area contributed by atoms with Gasteiger partial charge in [0.2, 0.25) is 38.2 Å². The Labute approximate surface area is 216 Å². The lowest BCUT2D eigenvalue weighted by molar-refractivity contribution is 0.173. The Balaban J connectivity index is 0.00000252. The Hall–Kier alpha value is -4.84. The second kappa shape index (κ2) is 9.32. The van der Waals surface area contributed by atoms with Crippen LogP contribution in [0.2, 0.25) is 0 Å². The van der Waals surface area contributed by atoms with Crippen LogP contribution in [0.25, 0.3) is 0 Å². The summed E-state index contributed by atoms with van der Waals surface area (Å²) >= 11 is 0. The molecular formula is C24H19ClN6O6. The van der Waals surface area contributed by atoms with Gasteiger partial charge in [-0.3, -0.25) is 0 Å². The molecule has 0 saturated carbocycles. The maximum absolute atomic E-state index is 5.47. The number of nitrogens with zero attached hydrogens (tertiary/aromatic N) is 3. The Bertz CT molecular complexity index is 1300. The zero-order valence-electron chi connectivity index (χ0n) is 19.0. The van der Waals surface area contributed by atoms with Gasteiger partial charge < -0.3 is 44.4 Å². The molecule has 0 aliphatic carbocycles. The number of benzene rings is 3. The summed E-state index contributed by atoms with van der Waals surface area (Å²) in [6.07, 6.45) is 0. The fourth-order valence-electron chi connectivity index (χ4n) is 3.85. The van der Waals surface area contributed by atoms with Crippen molar-refractivity contribution in [2.75, 3.05) is 36.3 Å². The number of hydrogen-bond acceptors (Lipinski definition) is 12. The molecule has 0 bridgehead atoms. The quantitative estimate of drug-likeness (QED) is 0.324. The minimum Gasteiger partial charge on any atom is -0.454 e. The molecule has 4 aromatic rings. The molecule has 12 nitrogen and oxygen atoms in total. The van der Waals surface area contributed by atoms with E-state index in [1.54, 1.807) is 0 Å². The number of aromatic nitrogens is 3. The molecule has 0 atom stereocenters. The number of hydrogen-bond donors (Lipinski definition) is 3. The molecule has 4 heterocycles. The van der Waals surface area contributed by atoms with E-state index in [9.17, 15) is 0 Å². The number of ether oxygens (including phenoxy) is 6. The highest BCUT2D eigenvalue weighted by Crippen LogP contribution is 2.37. The average molecular weight is 523 g/mol. The first kappa shape index (κ1) is 22.6. The summed E-state index contributed by atoms with van der Waals surface area (Å²) in [5.41, 5.74) is 2.19. The fourth-order valence-corrected chi connectivity index (χ4v) is 3.85. The van der Waals surface area contributed by atoms with Crippen molar-refractivity contribution in [3.8, 4) is 34.5 Å². The number of nitrogens with one attached hydrogen (secondary N) is 3. The largest absolute Gasteiger partial charge is 0.454 e. The van der Waals surface area contributed by atoms with Gasteiger partial charge in [0.05, 0.1) is 0 Å². The van der Waals surface area contributed by atoms with Gasteiger partial charge >= 0.3 is 0 Å². The van der Waals surface area contributed by atoms with Crippen LogP contribution < -0.4 is 44.4 Å². The minimum absolute atomic E-state index is 0. The average Bonchev–Trinajstić information content (AvgIpc) is 3.63. The molecule has 7 rings (SSSR count). The van der Waals surface area contributed by atoms with Crippen molar-refractivity contribution in [2.45, 2.75) is 0 Å². The van der Waals surface area contributed by atoms with Gasteiger partial charge in [-0.1, -0.05) is 0 Å². The van der Waals surface area contributed by atoms with E-state index >= 15 is 0 Å². The third-order valence-electron chi connectivity index (χ3n) is 5.52. The highest BCUT2D eigenvalue weighted by Gasteiger charge is 2.17. The van der Waals surface area contributed by atoms with E-state index in [2.05, 4.69) is 30.9 Å². The lowest BCUT2D eigenvalue weighted by Gasteiger charge is -2.12. The van der Waals surface area contributed by atoms with Crippen LogP contribution in [0.3, 0.4) is 0 Å². The first-order valence-corrected chi connectivity index (χ1v) is 11.0. The van der Waals surface area contributed by atoms with Gasteiger partial charge in [-0.25, -0.2) is 0 Å². The molecule has 0 radical (unpaired) electrons. The van der Waals surface area contributed by atoms with E-state index in [1.165, 1.54) is 0 Å². The van der Waals surface area contributed by atoms with Crippen LogP contribution in [0, 0.1) is 0 Å². The molecule has 188 valence electrons. The van der Waals surface area contributed by atoms with Crippen molar-refractivity contribution in [3.63, 3.8) is 0 Å². The van der Waals surface area contributed by atoms with Crippen molar-refractivity contribution in [1.82, 2.24) is 15.0 Å². The highest BCUT2D eigenvalue weighted by atomic mass is 35.5. The maximum Gasteiger partial charge on any atom is 0.233 e. The van der Waals surface area contributed by atoms with E-state index in [0.717, 1.165) is 17.1 Å². The molecule has 1 aromatic heterocycles. The van der Waals surface area contributed by atoms with E-state index in [-0.39, 0.29) is 32.8 Å². The number of rotatable bonds is 6. The van der Waals surface area contributed by atoms with Crippen LogP contribution >= 0.6 is 12.4 Å². The van der Waals surface area contributed by atoms with Gasteiger partial charge in [-0.05, 0) is 36.4 Å². The Kier molecular flexibility index (Phi) is 5.69. The van der Waals surface area contributed by atoms with Gasteiger partial charge in [-0.15, -0.1) is 12.4 Å². The van der Waals surface area contributed by atoms with Crippen molar-refractivity contribution < 1.29 is 28.4 Å². The molecule has 13 heteroatoms. The Morgan fingerprint density at radius 3 is 1.05 bits per heavy atom. The number of fused-ring (bicyclic) bond motifs is 3. The highest BCUT2D eigenvalue weighted by molar-refractivity contribution is 5.85. The van der Waals surface area contributed by atoms with E-state index in [4.69, 9.17) is 28.4 Å². The molecule has 3 aliphatic rings. The van der Waals surface area contributed by atoms with Gasteiger partial charge in [0.15, 0.2) is 34.5 Å². The van der Waals surface area contributed by atoms with Crippen LogP contribution in [0.4, 0.5) is 34.9 Å². The molecule has 0 unspecified atom stereocenters. The van der Waals surface area contributed by atoms with E-state index in [0.29, 0.717) is 52.3 Å². The lowest BCUT2D eigenvalue weighted by Crippen LogP contribution is -2.07. The second-order valence-electron chi connectivity index (χ2n) is 7.89. The third kappa shape index (κ3) is 4.57. The molecule has 37 heavy (non-hydrogen) atoms. The van der Waals surface area contributed by atoms with Gasteiger partial charge in [0, 0.05) is 35.3 Å². The van der Waals surface area contributed by atoms with Crippen molar-refractivity contribution in [2.24, 2.45) is 0 Å². The lowest BCUT2D eigenvalue weighted by atomic mass is 10.3. The summed E-state index contributed by atoms with van der Waals surface area (Å²) in [5, 5.41) is 9.61. The van der Waals surface area contributed by atoms with Crippen LogP contribution in [0.15, 0.2) is 54.6 Å². The normalized spacial score (nSPS) is 13.6. The van der Waals surface area contributed by atoms with E-state index < -0.39 is 0 Å². The van der Waals surface area contributed by atoms with Crippen LogP contribution in [-0.2, 0) is 0 Å². The first-order valence-electron chi connectivity index (χ1n) is 11.0. The summed E-state index contributed by atoms with van der Waals surface area (Å²) in [6, 6.07) is 16.5. The topological polar surface area (TPSA) is 130 Å². The molecule has 0 amide bonds. The standard InChI is InChI=1S/C24H18N6O6.ClH/c1-4-16-19(34-10-31-16)7-13(1)25-22-28-23(26-14-2-5-17-20(8-14)35-11-32-17)30-24(29-22)27-15-3-6-18-21(9-15)36-12-33-18;/h1-9H,10-12H2,(H3,25,26,27,28,29,30);1H. The molecule has 0 saturated heterocycles. The maximum atomic E-state index is 5.47. The van der Waals surface area contributed by atoms with Crippen LogP contribution in [0.1, 0.15) is 0 Å². The predicted molar refractivity (Wildman–Crippen MR) is 135 cm³/mol. The third-order valence-corrected chi connectivity index (χ3v) is 5.52. The second-order valence-corrected chi connectivity index (χ2v) is 7.89. The zero-order chi connectivity index (χ0) is 23.9. The van der Waals surface area contributed by atoms with Gasteiger partial charge in [0.1, 0.15) is 0 Å². The van der Waals surface area contributed by atoms with Crippen LogP contribution in [-0.4, -0.2) is 35.3 Å². The molecule has 3 aromatic carbocycles. The van der Waals surface area contributed by atoms with E-state index in [1.807, 2.05) is 54.6 Å². The summed E-state index contributed by atoms with van der Waals surface area (Å²) in [7, 11) is 0. The summed E-state index contributed by atoms with van der Waals surface area (Å²) in [6.45, 7) is 0.577. The molecular weight excluding hydrogens is 504 g/mol. The minimum atomic E-state index is 0. The molecule has 3 aliphatic heterocycles. The first-order chi connectivity index (χ1) is 17.7. The molecule has 0 fully saturated rings. The summed E-state index contributed by atoms with van der Waals surface area (Å²) in [4.78, 5) is 13.6. The molecule has 3 N–H and O–H groups in total. The summed E-state index contributed by atoms with van der Waals surface area (Å²) in [5.74, 6) is 4.94. The van der Waals surface area contributed by atoms with Crippen LogP contribution in [0.5, 0.6) is 34.5 Å².